The molecule has 84 valence electrons. The van der Waals surface area contributed by atoms with Gasteiger partial charge in [-0.2, -0.15) is 0 Å². The van der Waals surface area contributed by atoms with Crippen LogP contribution in [0.15, 0.2) is 0 Å². The fraction of sp³-hybridized carbons (Fsp3) is 0.818. The third kappa shape index (κ3) is 2.14. The number of rotatable bonds is 5. The summed E-state index contributed by atoms with van der Waals surface area (Å²) >= 11 is 4.99. The van der Waals surface area contributed by atoms with Crippen LogP contribution < -0.4 is 11.1 Å². The van der Waals surface area contributed by atoms with Crippen LogP contribution in [0.1, 0.15) is 38.5 Å². The molecule has 0 unspecified atom stereocenters. The van der Waals surface area contributed by atoms with Crippen molar-refractivity contribution in [3.05, 3.63) is 0 Å². The lowest BCUT2D eigenvalue weighted by molar-refractivity contribution is -0.130. The average molecular weight is 226 g/mol. The van der Waals surface area contributed by atoms with Gasteiger partial charge in [0.25, 0.3) is 0 Å². The summed E-state index contributed by atoms with van der Waals surface area (Å²) in [6, 6.07) is 0. The van der Waals surface area contributed by atoms with E-state index in [-0.39, 0.29) is 5.91 Å². The maximum atomic E-state index is 11.9. The van der Waals surface area contributed by atoms with Gasteiger partial charge in [-0.25, -0.2) is 0 Å². The third-order valence-electron chi connectivity index (χ3n) is 3.65. The van der Waals surface area contributed by atoms with Gasteiger partial charge in [0.15, 0.2) is 0 Å². The highest BCUT2D eigenvalue weighted by Gasteiger charge is 2.46. The van der Waals surface area contributed by atoms with E-state index in [0.29, 0.717) is 4.99 Å². The van der Waals surface area contributed by atoms with E-state index in [4.69, 9.17) is 18.0 Å². The van der Waals surface area contributed by atoms with Gasteiger partial charge in [-0.1, -0.05) is 31.5 Å². The second-order valence-electron chi connectivity index (χ2n) is 4.79. The number of carbonyl (C=O) groups excluding carboxylic acids is 1. The zero-order valence-electron chi connectivity index (χ0n) is 8.92. The van der Waals surface area contributed by atoms with Crippen molar-refractivity contribution in [2.75, 3.05) is 6.54 Å². The van der Waals surface area contributed by atoms with Crippen molar-refractivity contribution in [3.63, 3.8) is 0 Å². The van der Waals surface area contributed by atoms with E-state index in [9.17, 15) is 4.79 Å². The number of nitrogens with one attached hydrogen (secondary N) is 1. The quantitative estimate of drug-likeness (QED) is 0.696. The first-order valence-corrected chi connectivity index (χ1v) is 6.14. The zero-order chi connectivity index (χ0) is 10.9. The van der Waals surface area contributed by atoms with Crippen molar-refractivity contribution < 1.29 is 4.79 Å². The molecule has 3 N–H and O–H groups in total. The summed E-state index contributed by atoms with van der Waals surface area (Å²) in [5, 5.41) is 2.97. The smallest absolute Gasteiger partial charge is 0.233 e. The van der Waals surface area contributed by atoms with Gasteiger partial charge < -0.3 is 11.1 Å². The average Bonchev–Trinajstić information content (AvgIpc) is 2.84. The Morgan fingerprint density at radius 1 is 1.47 bits per heavy atom. The van der Waals surface area contributed by atoms with Crippen LogP contribution in [0.2, 0.25) is 0 Å². The van der Waals surface area contributed by atoms with E-state index in [1.54, 1.807) is 0 Å². The molecular weight excluding hydrogens is 208 g/mol. The first kappa shape index (κ1) is 10.9. The molecule has 15 heavy (non-hydrogen) atoms. The maximum Gasteiger partial charge on any atom is 0.233 e. The normalized spacial score (nSPS) is 22.9. The fourth-order valence-electron chi connectivity index (χ4n) is 2.08. The minimum Gasteiger partial charge on any atom is -0.392 e. The molecule has 0 bridgehead atoms. The minimum absolute atomic E-state index is 0.0573. The van der Waals surface area contributed by atoms with E-state index < -0.39 is 5.41 Å². The number of amides is 1. The molecule has 2 aliphatic rings. The largest absolute Gasteiger partial charge is 0.392 e. The Kier molecular flexibility index (Phi) is 2.96. The molecule has 2 saturated carbocycles. The summed E-state index contributed by atoms with van der Waals surface area (Å²) in [5.74, 6) is 0.911. The summed E-state index contributed by atoms with van der Waals surface area (Å²) in [6.07, 6.45) is 6.49. The van der Waals surface area contributed by atoms with Gasteiger partial charge in [0.1, 0.15) is 0 Å². The van der Waals surface area contributed by atoms with Gasteiger partial charge in [0.2, 0.25) is 5.91 Å². The Labute approximate surface area is 95.8 Å². The van der Waals surface area contributed by atoms with Crippen LogP contribution in [0.25, 0.3) is 0 Å². The Hall–Kier alpha value is -0.640. The molecule has 0 atom stereocenters. The van der Waals surface area contributed by atoms with Crippen LogP contribution >= 0.6 is 12.2 Å². The van der Waals surface area contributed by atoms with E-state index in [1.807, 2.05) is 0 Å². The highest BCUT2D eigenvalue weighted by Crippen LogP contribution is 2.41. The van der Waals surface area contributed by atoms with E-state index >= 15 is 0 Å². The Balaban J connectivity index is 1.79. The van der Waals surface area contributed by atoms with Gasteiger partial charge in [0, 0.05) is 6.54 Å². The van der Waals surface area contributed by atoms with E-state index in [2.05, 4.69) is 5.32 Å². The standard InChI is InChI=1S/C11H18N2OS/c12-9(15)11(5-1-6-11)10(14)13-7-4-8-2-3-8/h8H,1-7H2,(H2,12,15)(H,13,14). The highest BCUT2D eigenvalue weighted by atomic mass is 32.1. The van der Waals surface area contributed by atoms with Crippen LogP contribution in [0.5, 0.6) is 0 Å². The third-order valence-corrected chi connectivity index (χ3v) is 4.04. The fourth-order valence-corrected chi connectivity index (χ4v) is 2.38. The van der Waals surface area contributed by atoms with Crippen molar-refractivity contribution in [1.29, 1.82) is 0 Å². The van der Waals surface area contributed by atoms with E-state index in [0.717, 1.165) is 38.1 Å². The van der Waals surface area contributed by atoms with Crippen LogP contribution in [-0.2, 0) is 4.79 Å². The van der Waals surface area contributed by atoms with Crippen molar-refractivity contribution >= 4 is 23.1 Å². The summed E-state index contributed by atoms with van der Waals surface area (Å²) in [7, 11) is 0. The molecule has 2 rings (SSSR count). The summed E-state index contributed by atoms with van der Waals surface area (Å²) in [6.45, 7) is 0.786. The van der Waals surface area contributed by atoms with Gasteiger partial charge in [0.05, 0.1) is 10.4 Å². The lowest BCUT2D eigenvalue weighted by Crippen LogP contribution is -2.53. The summed E-state index contributed by atoms with van der Waals surface area (Å²) < 4.78 is 0. The first-order chi connectivity index (χ1) is 7.15. The van der Waals surface area contributed by atoms with Gasteiger partial charge in [-0.05, 0) is 25.2 Å². The zero-order valence-corrected chi connectivity index (χ0v) is 9.74. The topological polar surface area (TPSA) is 55.1 Å². The predicted molar refractivity (Wildman–Crippen MR) is 63.4 cm³/mol. The second-order valence-corrected chi connectivity index (χ2v) is 5.23. The molecule has 2 fully saturated rings. The molecule has 2 aliphatic carbocycles. The number of nitrogens with two attached hydrogens (primary N) is 1. The van der Waals surface area contributed by atoms with Gasteiger partial charge in [-0.15, -0.1) is 0 Å². The first-order valence-electron chi connectivity index (χ1n) is 5.73. The molecule has 0 heterocycles. The minimum atomic E-state index is -0.501. The molecular formula is C11H18N2OS. The monoisotopic (exact) mass is 226 g/mol. The van der Waals surface area contributed by atoms with Crippen LogP contribution in [0, 0.1) is 11.3 Å². The van der Waals surface area contributed by atoms with E-state index in [1.165, 1.54) is 12.8 Å². The molecule has 0 aromatic heterocycles. The molecule has 0 aromatic rings. The van der Waals surface area contributed by atoms with Crippen LogP contribution in [-0.4, -0.2) is 17.4 Å². The van der Waals surface area contributed by atoms with Crippen molar-refractivity contribution in [2.24, 2.45) is 17.1 Å². The maximum absolute atomic E-state index is 11.9. The molecule has 0 spiro atoms. The van der Waals surface area contributed by atoms with Crippen LogP contribution in [0.3, 0.4) is 0 Å². The molecule has 3 nitrogen and oxygen atoms in total. The Bertz CT molecular complexity index is 282. The van der Waals surface area contributed by atoms with Gasteiger partial charge in [-0.3, -0.25) is 4.79 Å². The molecule has 0 saturated heterocycles. The SMILES string of the molecule is NC(=S)C1(C(=O)NCCC2CC2)CCC1. The summed E-state index contributed by atoms with van der Waals surface area (Å²) in [4.78, 5) is 12.3. The number of hydrogen-bond acceptors (Lipinski definition) is 2. The molecule has 0 aliphatic heterocycles. The van der Waals surface area contributed by atoms with Gasteiger partial charge >= 0.3 is 0 Å². The van der Waals surface area contributed by atoms with Crippen LogP contribution in [0.4, 0.5) is 0 Å². The molecule has 0 aromatic carbocycles. The lowest BCUT2D eigenvalue weighted by atomic mass is 9.68. The predicted octanol–water partition coefficient (Wildman–Crippen LogP) is 1.36. The molecule has 1 amide bonds. The second kappa shape index (κ2) is 4.08. The number of thiocarbonyl (C=S) groups is 1. The van der Waals surface area contributed by atoms with Crippen molar-refractivity contribution in [3.8, 4) is 0 Å². The Morgan fingerprint density at radius 3 is 2.53 bits per heavy atom. The number of hydrogen-bond donors (Lipinski definition) is 2. The van der Waals surface area contributed by atoms with Crippen molar-refractivity contribution in [1.82, 2.24) is 5.32 Å². The highest BCUT2D eigenvalue weighted by molar-refractivity contribution is 7.80. The lowest BCUT2D eigenvalue weighted by Gasteiger charge is -2.39. The molecule has 0 radical (unpaired) electrons. The Morgan fingerprint density at radius 2 is 2.13 bits per heavy atom. The number of carbonyl (C=O) groups is 1. The molecule has 4 heteroatoms. The summed E-state index contributed by atoms with van der Waals surface area (Å²) in [5.41, 5.74) is 5.15. The van der Waals surface area contributed by atoms with Crippen molar-refractivity contribution in [2.45, 2.75) is 38.5 Å².